The van der Waals surface area contributed by atoms with Crippen LogP contribution in [0.5, 0.6) is 5.75 Å². The molecule has 3 heterocycles. The molecule has 0 spiro atoms. The smallest absolute Gasteiger partial charge is 0.338 e. The molecule has 2 N–H and O–H groups in total. The first-order valence-corrected chi connectivity index (χ1v) is 14.2. The van der Waals surface area contributed by atoms with Crippen LogP contribution in [0.2, 0.25) is 0 Å². The normalized spacial score (nSPS) is 15.5. The van der Waals surface area contributed by atoms with E-state index in [9.17, 15) is 23.6 Å². The fourth-order valence-corrected chi connectivity index (χ4v) is 5.60. The van der Waals surface area contributed by atoms with E-state index in [2.05, 4.69) is 20.7 Å². The molecule has 0 saturated heterocycles. The third-order valence-electron chi connectivity index (χ3n) is 7.65. The number of amides is 2. The Kier molecular flexibility index (Phi) is 7.14. The SMILES string of the molecule is Cc1c(C(=O)OC(C)(C)C)ccc2c1CC[C@@H]2NC(=O)c1cc(C(=O)NCc2ccc3c(c2)CC(=O)O3)nc2c(F)cnn12. The Morgan fingerprint density at radius 2 is 1.93 bits per heavy atom. The number of esters is 2. The highest BCUT2D eigenvalue weighted by molar-refractivity contribution is 5.98. The topological polar surface area (TPSA) is 141 Å². The molecule has 44 heavy (non-hydrogen) atoms. The van der Waals surface area contributed by atoms with E-state index in [0.717, 1.165) is 38.5 Å². The monoisotopic (exact) mass is 599 g/mol. The molecule has 0 fully saturated rings. The number of hydrogen-bond donors (Lipinski definition) is 2. The van der Waals surface area contributed by atoms with Gasteiger partial charge in [-0.15, -0.1) is 0 Å². The first kappa shape index (κ1) is 29.0. The lowest BCUT2D eigenvalue weighted by Crippen LogP contribution is -2.31. The van der Waals surface area contributed by atoms with Crippen LogP contribution in [0.1, 0.15) is 92.4 Å². The second-order valence-electron chi connectivity index (χ2n) is 11.9. The molecule has 11 nitrogen and oxygen atoms in total. The molecule has 0 radical (unpaired) electrons. The maximum absolute atomic E-state index is 14.6. The van der Waals surface area contributed by atoms with Gasteiger partial charge in [-0.05, 0) is 81.0 Å². The van der Waals surface area contributed by atoms with Crippen LogP contribution in [0.25, 0.3) is 5.65 Å². The number of fused-ring (bicyclic) bond motifs is 3. The molecule has 2 aromatic heterocycles. The van der Waals surface area contributed by atoms with Gasteiger partial charge < -0.3 is 20.1 Å². The van der Waals surface area contributed by atoms with Crippen molar-refractivity contribution in [3.63, 3.8) is 0 Å². The first-order valence-electron chi connectivity index (χ1n) is 14.2. The van der Waals surface area contributed by atoms with Crippen LogP contribution in [0.3, 0.4) is 0 Å². The van der Waals surface area contributed by atoms with E-state index >= 15 is 0 Å². The molecule has 12 heteroatoms. The van der Waals surface area contributed by atoms with Crippen molar-refractivity contribution in [2.24, 2.45) is 0 Å². The summed E-state index contributed by atoms with van der Waals surface area (Å²) in [6.45, 7) is 7.40. The zero-order valence-corrected chi connectivity index (χ0v) is 24.6. The average Bonchev–Trinajstić information content (AvgIpc) is 3.66. The average molecular weight is 600 g/mol. The van der Waals surface area contributed by atoms with E-state index in [1.807, 2.05) is 33.8 Å². The van der Waals surface area contributed by atoms with Gasteiger partial charge in [-0.3, -0.25) is 14.4 Å². The molecular formula is C32H30FN5O6. The van der Waals surface area contributed by atoms with Crippen molar-refractivity contribution < 1.29 is 33.0 Å². The third-order valence-corrected chi connectivity index (χ3v) is 7.65. The second kappa shape index (κ2) is 10.9. The lowest BCUT2D eigenvalue weighted by atomic mass is 9.97. The highest BCUT2D eigenvalue weighted by Gasteiger charge is 2.30. The molecule has 0 bridgehead atoms. The summed E-state index contributed by atoms with van der Waals surface area (Å²) < 4.78 is 26.3. The summed E-state index contributed by atoms with van der Waals surface area (Å²) in [6.07, 6.45) is 2.32. The molecule has 4 aromatic rings. The van der Waals surface area contributed by atoms with E-state index in [-0.39, 0.29) is 42.0 Å². The van der Waals surface area contributed by atoms with E-state index < -0.39 is 29.2 Å². The largest absolute Gasteiger partial charge is 0.456 e. The predicted molar refractivity (Wildman–Crippen MR) is 155 cm³/mol. The minimum atomic E-state index is -0.784. The molecule has 1 aliphatic carbocycles. The highest BCUT2D eigenvalue weighted by Crippen LogP contribution is 2.35. The van der Waals surface area contributed by atoms with E-state index in [0.29, 0.717) is 24.2 Å². The van der Waals surface area contributed by atoms with Gasteiger partial charge in [0.05, 0.1) is 24.2 Å². The van der Waals surface area contributed by atoms with Crippen LogP contribution in [-0.2, 0) is 28.9 Å². The molecule has 1 atom stereocenters. The fraction of sp³-hybridized carbons (Fsp3) is 0.312. The van der Waals surface area contributed by atoms with Gasteiger partial charge >= 0.3 is 11.9 Å². The van der Waals surface area contributed by atoms with Crippen LogP contribution >= 0.6 is 0 Å². The molecule has 6 rings (SSSR count). The Labute approximate surface area is 251 Å². The number of nitrogens with one attached hydrogen (secondary N) is 2. The summed E-state index contributed by atoms with van der Waals surface area (Å²) in [6, 6.07) is 9.57. The van der Waals surface area contributed by atoms with Gasteiger partial charge in [0.2, 0.25) is 0 Å². The Morgan fingerprint density at radius 3 is 2.70 bits per heavy atom. The Morgan fingerprint density at radius 1 is 1.14 bits per heavy atom. The number of hydrogen-bond acceptors (Lipinski definition) is 8. The van der Waals surface area contributed by atoms with Gasteiger partial charge in [0.15, 0.2) is 11.5 Å². The minimum Gasteiger partial charge on any atom is -0.456 e. The number of rotatable bonds is 6. The lowest BCUT2D eigenvalue weighted by Gasteiger charge is -2.21. The van der Waals surface area contributed by atoms with Crippen LogP contribution in [0.15, 0.2) is 42.6 Å². The minimum absolute atomic E-state index is 0.0622. The van der Waals surface area contributed by atoms with Crippen molar-refractivity contribution in [3.05, 3.63) is 93.2 Å². The number of carbonyl (C=O) groups is 4. The number of nitrogens with zero attached hydrogens (tertiary/aromatic N) is 3. The number of ether oxygens (including phenoxy) is 2. The molecular weight excluding hydrogens is 569 g/mol. The van der Waals surface area contributed by atoms with Gasteiger partial charge in [0.1, 0.15) is 22.7 Å². The summed E-state index contributed by atoms with van der Waals surface area (Å²) in [7, 11) is 0. The summed E-state index contributed by atoms with van der Waals surface area (Å²) >= 11 is 0. The number of halogens is 1. The summed E-state index contributed by atoms with van der Waals surface area (Å²) in [4.78, 5) is 55.1. The maximum Gasteiger partial charge on any atom is 0.338 e. The molecule has 0 saturated carbocycles. The molecule has 2 aliphatic rings. The number of aromatic nitrogens is 3. The van der Waals surface area contributed by atoms with Crippen molar-refractivity contribution in [1.82, 2.24) is 25.2 Å². The Bertz CT molecular complexity index is 1880. The predicted octanol–water partition coefficient (Wildman–Crippen LogP) is 3.94. The van der Waals surface area contributed by atoms with Crippen molar-refractivity contribution in [3.8, 4) is 5.75 Å². The lowest BCUT2D eigenvalue weighted by molar-refractivity contribution is -0.131. The highest BCUT2D eigenvalue weighted by atomic mass is 19.1. The maximum atomic E-state index is 14.6. The van der Waals surface area contributed by atoms with Gasteiger partial charge in [0.25, 0.3) is 11.8 Å². The second-order valence-corrected chi connectivity index (χ2v) is 11.9. The summed E-state index contributed by atoms with van der Waals surface area (Å²) in [5.41, 5.74) is 3.46. The zero-order valence-electron chi connectivity index (χ0n) is 24.6. The fourth-order valence-electron chi connectivity index (χ4n) is 5.60. The number of carbonyl (C=O) groups excluding carboxylic acids is 4. The third kappa shape index (κ3) is 5.50. The quantitative estimate of drug-likeness (QED) is 0.251. The van der Waals surface area contributed by atoms with Crippen molar-refractivity contribution in [2.45, 2.75) is 65.1 Å². The van der Waals surface area contributed by atoms with Crippen molar-refractivity contribution in [2.75, 3.05) is 0 Å². The van der Waals surface area contributed by atoms with Crippen LogP contribution in [-0.4, -0.2) is 44.0 Å². The van der Waals surface area contributed by atoms with Crippen LogP contribution in [0.4, 0.5) is 4.39 Å². The molecule has 2 amide bonds. The molecule has 226 valence electrons. The van der Waals surface area contributed by atoms with Crippen LogP contribution < -0.4 is 15.4 Å². The Hall–Kier alpha value is -5.13. The molecule has 1 aliphatic heterocycles. The van der Waals surface area contributed by atoms with Crippen molar-refractivity contribution in [1.29, 1.82) is 0 Å². The van der Waals surface area contributed by atoms with E-state index in [1.54, 1.807) is 24.3 Å². The van der Waals surface area contributed by atoms with Gasteiger partial charge in [-0.25, -0.2) is 18.7 Å². The summed E-state index contributed by atoms with van der Waals surface area (Å²) in [5.74, 6) is -2.22. The number of benzene rings is 2. The first-order chi connectivity index (χ1) is 20.9. The molecule has 2 aromatic carbocycles. The van der Waals surface area contributed by atoms with Crippen molar-refractivity contribution >= 4 is 29.4 Å². The molecule has 0 unspecified atom stereocenters. The van der Waals surface area contributed by atoms with Gasteiger partial charge in [-0.1, -0.05) is 12.1 Å². The Balaban J connectivity index is 1.21. The summed E-state index contributed by atoms with van der Waals surface area (Å²) in [5, 5.41) is 9.67. The standard InChI is InChI=1S/C32H30FN5O6/c1-16-19-8-9-23(21(19)7-6-20(16)31(42)44-32(2,3)4)37-30(41)25-13-24(36-28-22(33)15-35-38(25)28)29(40)34-14-17-5-10-26-18(11-17)12-27(39)43-26/h5-7,10-11,13,15,23H,8-9,12,14H2,1-4H3,(H,34,40)(H,37,41)/t23-/m0/s1. The van der Waals surface area contributed by atoms with Gasteiger partial charge in [0, 0.05) is 18.2 Å². The van der Waals surface area contributed by atoms with Gasteiger partial charge in [-0.2, -0.15) is 5.10 Å². The zero-order chi connectivity index (χ0) is 31.3. The van der Waals surface area contributed by atoms with E-state index in [1.165, 1.54) is 6.07 Å². The van der Waals surface area contributed by atoms with Crippen LogP contribution in [0, 0.1) is 12.7 Å². The van der Waals surface area contributed by atoms with E-state index in [4.69, 9.17) is 9.47 Å².